The first-order chi connectivity index (χ1) is 11.1. The summed E-state index contributed by atoms with van der Waals surface area (Å²) in [5.41, 5.74) is 1.50. The topological polar surface area (TPSA) is 77.8 Å². The normalized spacial score (nSPS) is 12.0. The van der Waals surface area contributed by atoms with Crippen LogP contribution in [0, 0.1) is 0 Å². The van der Waals surface area contributed by atoms with Crippen LogP contribution in [0.5, 0.6) is 0 Å². The van der Waals surface area contributed by atoms with E-state index in [9.17, 15) is 19.9 Å². The SMILES string of the molecule is O=C(O)[C@@H](Cc1ccccc1)N(O)C(=O)C=Cc1ccccc1. The lowest BCUT2D eigenvalue weighted by Crippen LogP contribution is -2.43. The number of hydrogen-bond donors (Lipinski definition) is 2. The van der Waals surface area contributed by atoms with Crippen LogP contribution in [0.3, 0.4) is 0 Å². The molecule has 1 amide bonds. The van der Waals surface area contributed by atoms with Gasteiger partial charge in [-0.2, -0.15) is 0 Å². The fourth-order valence-electron chi connectivity index (χ4n) is 2.08. The van der Waals surface area contributed by atoms with Crippen molar-refractivity contribution in [1.29, 1.82) is 0 Å². The standard InChI is InChI=1S/C18H17NO4/c20-17(12-11-14-7-3-1-4-8-14)19(23)16(18(21)22)13-15-9-5-2-6-10-15/h1-12,16,23H,13H2,(H,21,22)/t16-/m1/s1. The molecule has 2 rings (SSSR count). The molecule has 0 aliphatic carbocycles. The smallest absolute Gasteiger partial charge is 0.329 e. The Morgan fingerprint density at radius 2 is 1.57 bits per heavy atom. The second-order valence-electron chi connectivity index (χ2n) is 4.97. The van der Waals surface area contributed by atoms with E-state index in [-0.39, 0.29) is 11.5 Å². The molecule has 0 aliphatic heterocycles. The fourth-order valence-corrected chi connectivity index (χ4v) is 2.08. The lowest BCUT2D eigenvalue weighted by atomic mass is 10.1. The van der Waals surface area contributed by atoms with Crippen molar-refractivity contribution in [1.82, 2.24) is 5.06 Å². The molecule has 1 atom stereocenters. The highest BCUT2D eigenvalue weighted by Crippen LogP contribution is 2.10. The van der Waals surface area contributed by atoms with Gasteiger partial charge in [0.15, 0.2) is 6.04 Å². The minimum absolute atomic E-state index is 0.0254. The zero-order valence-electron chi connectivity index (χ0n) is 12.4. The van der Waals surface area contributed by atoms with Gasteiger partial charge in [0.05, 0.1) is 0 Å². The number of carbonyl (C=O) groups excluding carboxylic acids is 1. The molecule has 118 valence electrons. The molecule has 5 nitrogen and oxygen atoms in total. The Hall–Kier alpha value is -2.92. The highest BCUT2D eigenvalue weighted by molar-refractivity contribution is 5.93. The molecule has 0 aliphatic rings. The predicted octanol–water partition coefficient (Wildman–Crippen LogP) is 2.61. The van der Waals surface area contributed by atoms with Crippen molar-refractivity contribution in [3.8, 4) is 0 Å². The van der Waals surface area contributed by atoms with Crippen LogP contribution < -0.4 is 0 Å². The quantitative estimate of drug-likeness (QED) is 0.488. The Morgan fingerprint density at radius 1 is 1.00 bits per heavy atom. The summed E-state index contributed by atoms with van der Waals surface area (Å²) in [6.45, 7) is 0. The van der Waals surface area contributed by atoms with Gasteiger partial charge in [0.25, 0.3) is 5.91 Å². The van der Waals surface area contributed by atoms with Crippen LogP contribution in [-0.4, -0.2) is 33.3 Å². The van der Waals surface area contributed by atoms with Gasteiger partial charge in [-0.25, -0.2) is 9.86 Å². The van der Waals surface area contributed by atoms with E-state index in [0.29, 0.717) is 0 Å². The Bertz CT molecular complexity index is 683. The number of rotatable bonds is 6. The molecule has 0 unspecified atom stereocenters. The van der Waals surface area contributed by atoms with Gasteiger partial charge in [0.2, 0.25) is 0 Å². The Kier molecular flexibility index (Phi) is 5.66. The summed E-state index contributed by atoms with van der Waals surface area (Å²) in [4.78, 5) is 23.3. The van der Waals surface area contributed by atoms with E-state index in [0.717, 1.165) is 17.2 Å². The molecule has 0 spiro atoms. The number of hydrogen-bond acceptors (Lipinski definition) is 3. The van der Waals surface area contributed by atoms with Crippen molar-refractivity contribution >= 4 is 18.0 Å². The maximum Gasteiger partial charge on any atom is 0.329 e. The molecule has 2 N–H and O–H groups in total. The van der Waals surface area contributed by atoms with Gasteiger partial charge in [0.1, 0.15) is 0 Å². The molecule has 0 radical (unpaired) electrons. The van der Waals surface area contributed by atoms with Gasteiger partial charge < -0.3 is 5.11 Å². The zero-order valence-corrected chi connectivity index (χ0v) is 12.4. The molecule has 0 bridgehead atoms. The van der Waals surface area contributed by atoms with E-state index in [4.69, 9.17) is 0 Å². The highest BCUT2D eigenvalue weighted by Gasteiger charge is 2.27. The number of benzene rings is 2. The molecule has 0 fully saturated rings. The fraction of sp³-hybridized carbons (Fsp3) is 0.111. The lowest BCUT2D eigenvalue weighted by Gasteiger charge is -2.21. The van der Waals surface area contributed by atoms with E-state index in [1.165, 1.54) is 6.08 Å². The summed E-state index contributed by atoms with van der Waals surface area (Å²) < 4.78 is 0. The van der Waals surface area contributed by atoms with Gasteiger partial charge in [-0.05, 0) is 17.2 Å². The van der Waals surface area contributed by atoms with Crippen molar-refractivity contribution < 1.29 is 19.9 Å². The largest absolute Gasteiger partial charge is 0.480 e. The first-order valence-corrected chi connectivity index (χ1v) is 7.10. The molecule has 0 saturated carbocycles. The van der Waals surface area contributed by atoms with Crippen LogP contribution in [0.1, 0.15) is 11.1 Å². The molecular weight excluding hydrogens is 294 g/mol. The molecule has 2 aromatic rings. The van der Waals surface area contributed by atoms with Crippen molar-refractivity contribution in [2.75, 3.05) is 0 Å². The Labute approximate surface area is 134 Å². The number of carboxylic acids is 1. The molecule has 0 heterocycles. The molecule has 0 saturated heterocycles. The molecule has 23 heavy (non-hydrogen) atoms. The minimum atomic E-state index is -1.34. The van der Waals surface area contributed by atoms with Gasteiger partial charge >= 0.3 is 5.97 Å². The van der Waals surface area contributed by atoms with Gasteiger partial charge in [-0.1, -0.05) is 60.7 Å². The van der Waals surface area contributed by atoms with Crippen LogP contribution in [0.25, 0.3) is 6.08 Å². The molecule has 2 aromatic carbocycles. The van der Waals surface area contributed by atoms with Gasteiger partial charge in [-0.3, -0.25) is 10.0 Å². The van der Waals surface area contributed by atoms with E-state index in [1.54, 1.807) is 36.4 Å². The molecule has 5 heteroatoms. The molecule has 0 aromatic heterocycles. The lowest BCUT2D eigenvalue weighted by molar-refractivity contribution is -0.181. The summed E-state index contributed by atoms with van der Waals surface area (Å²) in [5.74, 6) is -2.05. The maximum atomic E-state index is 12.0. The zero-order chi connectivity index (χ0) is 16.7. The Balaban J connectivity index is 2.08. The number of amides is 1. The third-order valence-corrected chi connectivity index (χ3v) is 3.30. The summed E-state index contributed by atoms with van der Waals surface area (Å²) in [6.07, 6.45) is 2.70. The summed E-state index contributed by atoms with van der Waals surface area (Å²) in [6, 6.07) is 16.6. The van der Waals surface area contributed by atoms with E-state index < -0.39 is 17.9 Å². The Morgan fingerprint density at radius 3 is 2.13 bits per heavy atom. The van der Waals surface area contributed by atoms with E-state index in [1.807, 2.05) is 24.3 Å². The summed E-state index contributed by atoms with van der Waals surface area (Å²) >= 11 is 0. The third kappa shape index (κ3) is 4.79. The second kappa shape index (κ2) is 7.91. The number of carbonyl (C=O) groups is 2. The summed E-state index contributed by atoms with van der Waals surface area (Å²) in [5, 5.41) is 19.5. The third-order valence-electron chi connectivity index (χ3n) is 3.30. The highest BCUT2D eigenvalue weighted by atomic mass is 16.5. The first-order valence-electron chi connectivity index (χ1n) is 7.10. The number of carboxylic acid groups (broad SMARTS) is 1. The predicted molar refractivity (Wildman–Crippen MR) is 85.7 cm³/mol. The van der Waals surface area contributed by atoms with Crippen molar-refractivity contribution in [2.24, 2.45) is 0 Å². The van der Waals surface area contributed by atoms with E-state index >= 15 is 0 Å². The van der Waals surface area contributed by atoms with Crippen LogP contribution in [-0.2, 0) is 16.0 Å². The van der Waals surface area contributed by atoms with Crippen LogP contribution >= 0.6 is 0 Å². The minimum Gasteiger partial charge on any atom is -0.480 e. The maximum absolute atomic E-state index is 12.0. The number of aliphatic carboxylic acids is 1. The number of nitrogens with zero attached hydrogens (tertiary/aromatic N) is 1. The monoisotopic (exact) mass is 311 g/mol. The van der Waals surface area contributed by atoms with Gasteiger partial charge in [0, 0.05) is 12.5 Å². The van der Waals surface area contributed by atoms with Crippen LogP contribution in [0.2, 0.25) is 0 Å². The van der Waals surface area contributed by atoms with Crippen LogP contribution in [0.15, 0.2) is 66.7 Å². The van der Waals surface area contributed by atoms with Crippen molar-refractivity contribution in [3.05, 3.63) is 77.9 Å². The number of hydroxylamine groups is 2. The summed E-state index contributed by atoms with van der Waals surface area (Å²) in [7, 11) is 0. The molecular formula is C18H17NO4. The van der Waals surface area contributed by atoms with E-state index in [2.05, 4.69) is 0 Å². The van der Waals surface area contributed by atoms with Gasteiger partial charge in [-0.15, -0.1) is 0 Å². The second-order valence-corrected chi connectivity index (χ2v) is 4.97. The van der Waals surface area contributed by atoms with Crippen LogP contribution in [0.4, 0.5) is 0 Å². The average Bonchev–Trinajstić information content (AvgIpc) is 2.58. The van der Waals surface area contributed by atoms with Crippen molar-refractivity contribution in [2.45, 2.75) is 12.5 Å². The van der Waals surface area contributed by atoms with Crippen molar-refractivity contribution in [3.63, 3.8) is 0 Å². The first kappa shape index (κ1) is 16.5. The average molecular weight is 311 g/mol.